The molecule has 0 radical (unpaired) electrons. The van der Waals surface area contributed by atoms with Crippen molar-refractivity contribution >= 4 is 34.5 Å². The number of esters is 1. The number of aliphatic hydroxyl groups excluding tert-OH is 1. The highest BCUT2D eigenvalue weighted by Crippen LogP contribution is 2.41. The SMILES string of the molecule is COC(=O)C1=C(O)/C(=C\c2cc(OC)ccc2OC)SC1=Nc1ccc(OC)cc1. The zero-order chi connectivity index (χ0) is 21.7. The second-order valence-electron chi connectivity index (χ2n) is 6.05. The molecule has 2 aromatic rings. The van der Waals surface area contributed by atoms with Gasteiger partial charge in [0, 0.05) is 5.56 Å². The minimum Gasteiger partial charge on any atom is -0.506 e. The summed E-state index contributed by atoms with van der Waals surface area (Å²) in [7, 11) is 5.95. The summed E-state index contributed by atoms with van der Waals surface area (Å²) >= 11 is 1.16. The Labute approximate surface area is 178 Å². The van der Waals surface area contributed by atoms with Crippen molar-refractivity contribution in [3.05, 3.63) is 64.3 Å². The van der Waals surface area contributed by atoms with E-state index >= 15 is 0 Å². The molecule has 1 heterocycles. The van der Waals surface area contributed by atoms with E-state index in [0.717, 1.165) is 11.8 Å². The average Bonchev–Trinajstić information content (AvgIpc) is 3.08. The second-order valence-corrected chi connectivity index (χ2v) is 7.08. The fourth-order valence-corrected chi connectivity index (χ4v) is 3.78. The molecule has 30 heavy (non-hydrogen) atoms. The normalized spacial score (nSPS) is 16.1. The van der Waals surface area contributed by atoms with Gasteiger partial charge in [-0.05, 0) is 48.5 Å². The van der Waals surface area contributed by atoms with Gasteiger partial charge in [0.1, 0.15) is 33.6 Å². The fourth-order valence-electron chi connectivity index (χ4n) is 2.76. The maximum Gasteiger partial charge on any atom is 0.344 e. The number of rotatable bonds is 6. The van der Waals surface area contributed by atoms with Crippen LogP contribution in [0.2, 0.25) is 0 Å². The van der Waals surface area contributed by atoms with Gasteiger partial charge in [0.05, 0.1) is 39.0 Å². The highest BCUT2D eigenvalue weighted by molar-refractivity contribution is 8.18. The Balaban J connectivity index is 2.06. The van der Waals surface area contributed by atoms with E-state index in [1.807, 2.05) is 0 Å². The van der Waals surface area contributed by atoms with Crippen molar-refractivity contribution in [1.82, 2.24) is 0 Å². The molecule has 2 aromatic carbocycles. The van der Waals surface area contributed by atoms with Crippen LogP contribution in [0.5, 0.6) is 17.2 Å². The lowest BCUT2D eigenvalue weighted by molar-refractivity contribution is -0.135. The number of methoxy groups -OCH3 is 4. The minimum atomic E-state index is -0.673. The average molecular weight is 427 g/mol. The van der Waals surface area contributed by atoms with Crippen LogP contribution in [0, 0.1) is 0 Å². The van der Waals surface area contributed by atoms with Crippen LogP contribution in [0.25, 0.3) is 6.08 Å². The Morgan fingerprint density at radius 1 is 0.967 bits per heavy atom. The zero-order valence-electron chi connectivity index (χ0n) is 17.0. The molecule has 1 aliphatic heterocycles. The first-order chi connectivity index (χ1) is 14.5. The van der Waals surface area contributed by atoms with Gasteiger partial charge in [0.2, 0.25) is 0 Å². The quantitative estimate of drug-likeness (QED) is 0.679. The lowest BCUT2D eigenvalue weighted by Gasteiger charge is -2.08. The van der Waals surface area contributed by atoms with Crippen LogP contribution in [0.1, 0.15) is 5.56 Å². The summed E-state index contributed by atoms with van der Waals surface area (Å²) in [6.45, 7) is 0. The van der Waals surface area contributed by atoms with Crippen molar-refractivity contribution in [3.63, 3.8) is 0 Å². The van der Waals surface area contributed by atoms with Gasteiger partial charge in [-0.25, -0.2) is 9.79 Å². The molecule has 0 fully saturated rings. The van der Waals surface area contributed by atoms with Gasteiger partial charge in [-0.15, -0.1) is 0 Å². The van der Waals surface area contributed by atoms with Crippen molar-refractivity contribution in [1.29, 1.82) is 0 Å². The number of carbonyl (C=O) groups excluding carboxylic acids is 1. The first-order valence-electron chi connectivity index (χ1n) is 8.87. The summed E-state index contributed by atoms with van der Waals surface area (Å²) in [5, 5.41) is 11.1. The summed E-state index contributed by atoms with van der Waals surface area (Å²) in [6.07, 6.45) is 1.71. The third-order valence-electron chi connectivity index (χ3n) is 4.31. The van der Waals surface area contributed by atoms with Gasteiger partial charge >= 0.3 is 5.97 Å². The maximum atomic E-state index is 12.3. The van der Waals surface area contributed by atoms with Crippen molar-refractivity contribution in [2.75, 3.05) is 28.4 Å². The Kier molecular flexibility index (Phi) is 6.68. The van der Waals surface area contributed by atoms with Crippen molar-refractivity contribution in [2.24, 2.45) is 4.99 Å². The van der Waals surface area contributed by atoms with Gasteiger partial charge in [-0.3, -0.25) is 0 Å². The Morgan fingerprint density at radius 3 is 2.23 bits per heavy atom. The van der Waals surface area contributed by atoms with Crippen LogP contribution < -0.4 is 14.2 Å². The van der Waals surface area contributed by atoms with Gasteiger partial charge in [0.15, 0.2) is 0 Å². The summed E-state index contributed by atoms with van der Waals surface area (Å²) in [6, 6.07) is 12.3. The molecule has 3 rings (SSSR count). The predicted octanol–water partition coefficient (Wildman–Crippen LogP) is 4.52. The smallest absolute Gasteiger partial charge is 0.344 e. The number of hydrogen-bond acceptors (Lipinski definition) is 8. The standard InChI is InChI=1S/C22H21NO6S/c1-26-15-7-5-14(6-8-15)23-21-19(22(25)29-4)20(24)18(30-21)12-13-11-16(27-2)9-10-17(13)28-3/h5-12,24H,1-4H3/b18-12+,23-21?. The molecule has 0 amide bonds. The van der Waals surface area contributed by atoms with E-state index in [1.54, 1.807) is 69.9 Å². The first-order valence-corrected chi connectivity index (χ1v) is 9.69. The molecule has 0 saturated heterocycles. The van der Waals surface area contributed by atoms with E-state index in [1.165, 1.54) is 7.11 Å². The van der Waals surface area contributed by atoms with Gasteiger partial charge in [-0.1, -0.05) is 11.8 Å². The molecule has 0 atom stereocenters. The van der Waals surface area contributed by atoms with E-state index in [-0.39, 0.29) is 11.3 Å². The van der Waals surface area contributed by atoms with E-state index in [4.69, 9.17) is 18.9 Å². The zero-order valence-corrected chi connectivity index (χ0v) is 17.8. The monoisotopic (exact) mass is 427 g/mol. The summed E-state index contributed by atoms with van der Waals surface area (Å²) < 4.78 is 20.7. The number of benzene rings is 2. The molecule has 0 bridgehead atoms. The van der Waals surface area contributed by atoms with Crippen molar-refractivity contribution < 1.29 is 28.8 Å². The second kappa shape index (κ2) is 9.41. The number of nitrogens with zero attached hydrogens (tertiary/aromatic N) is 1. The van der Waals surface area contributed by atoms with E-state index in [0.29, 0.717) is 38.4 Å². The molecule has 156 valence electrons. The van der Waals surface area contributed by atoms with Gasteiger partial charge < -0.3 is 24.1 Å². The van der Waals surface area contributed by atoms with Crippen LogP contribution in [0.15, 0.2) is 63.7 Å². The molecule has 8 heteroatoms. The number of aliphatic imine (C=N–C) groups is 1. The molecular formula is C22H21NO6S. The molecule has 0 aliphatic carbocycles. The molecule has 0 saturated carbocycles. The van der Waals surface area contributed by atoms with Crippen LogP contribution in [-0.4, -0.2) is 44.6 Å². The fraction of sp³-hybridized carbons (Fsp3) is 0.182. The number of thioether (sulfide) groups is 1. The molecular weight excluding hydrogens is 406 g/mol. The first kappa shape index (κ1) is 21.3. The van der Waals surface area contributed by atoms with E-state index < -0.39 is 5.97 Å². The van der Waals surface area contributed by atoms with Crippen LogP contribution in [0.4, 0.5) is 5.69 Å². The minimum absolute atomic E-state index is 0.00595. The Hall–Kier alpha value is -3.39. The number of aliphatic hydroxyl groups is 1. The molecule has 0 spiro atoms. The number of hydrogen-bond donors (Lipinski definition) is 1. The summed E-state index contributed by atoms with van der Waals surface area (Å²) in [5.74, 6) is 1.04. The molecule has 7 nitrogen and oxygen atoms in total. The lowest BCUT2D eigenvalue weighted by atomic mass is 10.1. The number of carbonyl (C=O) groups is 1. The van der Waals surface area contributed by atoms with E-state index in [2.05, 4.69) is 4.99 Å². The van der Waals surface area contributed by atoms with Crippen molar-refractivity contribution in [3.8, 4) is 17.2 Å². The largest absolute Gasteiger partial charge is 0.506 e. The van der Waals surface area contributed by atoms with Gasteiger partial charge in [-0.2, -0.15) is 0 Å². The van der Waals surface area contributed by atoms with Crippen LogP contribution in [-0.2, 0) is 9.53 Å². The highest BCUT2D eigenvalue weighted by Gasteiger charge is 2.33. The molecule has 0 aromatic heterocycles. The van der Waals surface area contributed by atoms with Crippen LogP contribution >= 0.6 is 11.8 Å². The van der Waals surface area contributed by atoms with Crippen molar-refractivity contribution in [2.45, 2.75) is 0 Å². The summed E-state index contributed by atoms with van der Waals surface area (Å²) in [4.78, 5) is 17.3. The molecule has 0 unspecified atom stereocenters. The molecule has 1 N–H and O–H groups in total. The Bertz CT molecular complexity index is 1040. The van der Waals surface area contributed by atoms with Gasteiger partial charge in [0.25, 0.3) is 0 Å². The van der Waals surface area contributed by atoms with E-state index in [9.17, 15) is 9.90 Å². The predicted molar refractivity (Wildman–Crippen MR) is 117 cm³/mol. The lowest BCUT2D eigenvalue weighted by Crippen LogP contribution is -2.10. The highest BCUT2D eigenvalue weighted by atomic mass is 32.2. The third-order valence-corrected chi connectivity index (χ3v) is 5.33. The third kappa shape index (κ3) is 4.44. The topological polar surface area (TPSA) is 86.6 Å². The maximum absolute atomic E-state index is 12.3. The Morgan fingerprint density at radius 2 is 1.63 bits per heavy atom. The van der Waals surface area contributed by atoms with Crippen LogP contribution in [0.3, 0.4) is 0 Å². The summed E-state index contributed by atoms with van der Waals surface area (Å²) in [5.41, 5.74) is 1.29. The number of ether oxygens (including phenoxy) is 4. The molecule has 1 aliphatic rings.